The number of hydrogen-bond donors (Lipinski definition) is 1. The lowest BCUT2D eigenvalue weighted by Gasteiger charge is -2.13. The highest BCUT2D eigenvalue weighted by Crippen LogP contribution is 2.15. The van der Waals surface area contributed by atoms with E-state index in [9.17, 15) is 9.59 Å². The number of rotatable bonds is 33. The van der Waals surface area contributed by atoms with E-state index >= 15 is 0 Å². The van der Waals surface area contributed by atoms with Crippen molar-refractivity contribution >= 4 is 11.9 Å². The van der Waals surface area contributed by atoms with Gasteiger partial charge in [-0.25, -0.2) is 0 Å². The van der Waals surface area contributed by atoms with Crippen LogP contribution in [-0.2, 0) is 14.3 Å². The topological polar surface area (TPSA) is 63.6 Å². The largest absolute Gasteiger partial charge is 0.481 e. The van der Waals surface area contributed by atoms with Crippen LogP contribution < -0.4 is 0 Å². The van der Waals surface area contributed by atoms with E-state index in [-0.39, 0.29) is 12.1 Å². The van der Waals surface area contributed by atoms with Crippen molar-refractivity contribution in [3.05, 3.63) is 36.5 Å². The quantitative estimate of drug-likeness (QED) is 0.0461. The predicted octanol–water partition coefficient (Wildman–Crippen LogP) is 12.6. The smallest absolute Gasteiger partial charge is 0.306 e. The van der Waals surface area contributed by atoms with Crippen LogP contribution in [0.5, 0.6) is 0 Å². The van der Waals surface area contributed by atoms with Crippen LogP contribution >= 0.6 is 0 Å². The lowest BCUT2D eigenvalue weighted by atomic mass is 10.0. The summed E-state index contributed by atoms with van der Waals surface area (Å²) >= 11 is 0. The molecule has 43 heavy (non-hydrogen) atoms. The predicted molar refractivity (Wildman–Crippen MR) is 186 cm³/mol. The van der Waals surface area contributed by atoms with E-state index in [2.05, 4.69) is 43.4 Å². The first-order valence-electron chi connectivity index (χ1n) is 18.4. The molecule has 1 atom stereocenters. The molecule has 0 spiro atoms. The molecule has 0 saturated heterocycles. The molecule has 0 rings (SSSR count). The van der Waals surface area contributed by atoms with Crippen LogP contribution in [0.4, 0.5) is 0 Å². The molecule has 4 heteroatoms. The Morgan fingerprint density at radius 2 is 0.930 bits per heavy atom. The van der Waals surface area contributed by atoms with Crippen molar-refractivity contribution in [3.63, 3.8) is 0 Å². The molecule has 0 radical (unpaired) electrons. The summed E-state index contributed by atoms with van der Waals surface area (Å²) in [7, 11) is 0. The number of aliphatic carboxylic acids is 1. The van der Waals surface area contributed by atoms with Crippen LogP contribution in [-0.4, -0.2) is 23.1 Å². The molecule has 0 aromatic carbocycles. The molecule has 0 fully saturated rings. The molecule has 0 aliphatic rings. The van der Waals surface area contributed by atoms with Crippen molar-refractivity contribution in [1.29, 1.82) is 0 Å². The molecule has 0 aliphatic heterocycles. The van der Waals surface area contributed by atoms with Crippen LogP contribution in [0.1, 0.15) is 194 Å². The van der Waals surface area contributed by atoms with E-state index < -0.39 is 5.97 Å². The van der Waals surface area contributed by atoms with E-state index in [1.165, 1.54) is 109 Å². The van der Waals surface area contributed by atoms with E-state index in [1.807, 2.05) is 6.92 Å². The van der Waals surface area contributed by atoms with Crippen LogP contribution in [0.15, 0.2) is 36.5 Å². The van der Waals surface area contributed by atoms with Gasteiger partial charge in [-0.1, -0.05) is 153 Å². The van der Waals surface area contributed by atoms with Crippen molar-refractivity contribution in [2.45, 2.75) is 200 Å². The normalized spacial score (nSPS) is 12.6. The highest BCUT2D eigenvalue weighted by atomic mass is 16.5. The number of unbranched alkanes of at least 4 members (excludes halogenated alkanes) is 20. The second-order valence-corrected chi connectivity index (χ2v) is 12.5. The third-order valence-corrected chi connectivity index (χ3v) is 8.12. The molecule has 1 N–H and O–H groups in total. The number of carboxylic acids is 1. The van der Waals surface area contributed by atoms with Gasteiger partial charge >= 0.3 is 11.9 Å². The minimum Gasteiger partial charge on any atom is -0.481 e. The van der Waals surface area contributed by atoms with Crippen molar-refractivity contribution in [2.75, 3.05) is 0 Å². The van der Waals surface area contributed by atoms with Gasteiger partial charge in [-0.05, 0) is 64.7 Å². The Kier molecular flexibility index (Phi) is 33.2. The van der Waals surface area contributed by atoms with Crippen molar-refractivity contribution in [3.8, 4) is 0 Å². The number of allylic oxidation sites excluding steroid dienone is 6. The first-order chi connectivity index (χ1) is 21.1. The summed E-state index contributed by atoms with van der Waals surface area (Å²) in [4.78, 5) is 22.6. The maximum atomic E-state index is 12.1. The third kappa shape index (κ3) is 36.3. The zero-order valence-corrected chi connectivity index (χ0v) is 28.5. The van der Waals surface area contributed by atoms with E-state index in [0.717, 1.165) is 57.8 Å². The van der Waals surface area contributed by atoms with Gasteiger partial charge in [0.15, 0.2) is 0 Å². The fourth-order valence-corrected chi connectivity index (χ4v) is 5.41. The first kappa shape index (κ1) is 41.2. The zero-order valence-electron chi connectivity index (χ0n) is 28.5. The number of hydrogen-bond acceptors (Lipinski definition) is 3. The highest BCUT2D eigenvalue weighted by Gasteiger charge is 2.09. The monoisotopic (exact) mass is 603 g/mol. The van der Waals surface area contributed by atoms with E-state index in [0.29, 0.717) is 12.8 Å². The van der Waals surface area contributed by atoms with Crippen LogP contribution in [0.25, 0.3) is 0 Å². The maximum absolute atomic E-state index is 12.1. The van der Waals surface area contributed by atoms with Gasteiger partial charge in [0.2, 0.25) is 0 Å². The number of carbonyl (C=O) groups excluding carboxylic acids is 1. The Balaban J connectivity index is 3.34. The van der Waals surface area contributed by atoms with Gasteiger partial charge in [-0.15, -0.1) is 0 Å². The molecule has 0 bridgehead atoms. The van der Waals surface area contributed by atoms with Gasteiger partial charge in [-0.3, -0.25) is 9.59 Å². The summed E-state index contributed by atoms with van der Waals surface area (Å²) in [6.07, 6.45) is 45.7. The van der Waals surface area contributed by atoms with E-state index in [4.69, 9.17) is 9.84 Å². The summed E-state index contributed by atoms with van der Waals surface area (Å²) < 4.78 is 5.63. The molecular formula is C39H70O4. The average Bonchev–Trinajstić information content (AvgIpc) is 2.98. The Morgan fingerprint density at radius 1 is 0.535 bits per heavy atom. The summed E-state index contributed by atoms with van der Waals surface area (Å²) in [6.45, 7) is 4.21. The van der Waals surface area contributed by atoms with Crippen LogP contribution in [0.2, 0.25) is 0 Å². The van der Waals surface area contributed by atoms with E-state index in [1.54, 1.807) is 0 Å². The number of ether oxygens (including phenoxy) is 1. The Morgan fingerprint density at radius 3 is 1.42 bits per heavy atom. The maximum Gasteiger partial charge on any atom is 0.306 e. The van der Waals surface area contributed by atoms with Crippen molar-refractivity contribution in [2.24, 2.45) is 0 Å². The molecule has 0 aromatic rings. The zero-order chi connectivity index (χ0) is 31.5. The standard InChI is InChI=1S/C39H70O4/c1-3-4-5-6-7-8-9-10-11-12-13-14-15-16-21-24-27-30-33-36-39(42)43-37(2)34-31-28-25-22-19-17-18-20-23-26-29-32-35-38(40)41/h4-5,7-8,10-11,37H,3,6,9,12-36H2,1-2H3,(H,40,41)/b5-4-,8-7-,11-10-. The second-order valence-electron chi connectivity index (χ2n) is 12.5. The van der Waals surface area contributed by atoms with Crippen LogP contribution in [0, 0.1) is 0 Å². The fraction of sp³-hybridized carbons (Fsp3) is 0.795. The molecule has 1 unspecified atom stereocenters. The molecule has 250 valence electrons. The molecule has 0 saturated carbocycles. The van der Waals surface area contributed by atoms with Gasteiger partial charge in [0.25, 0.3) is 0 Å². The third-order valence-electron chi connectivity index (χ3n) is 8.12. The molecule has 0 amide bonds. The van der Waals surface area contributed by atoms with Crippen molar-refractivity contribution < 1.29 is 19.4 Å². The average molecular weight is 603 g/mol. The summed E-state index contributed by atoms with van der Waals surface area (Å²) in [5.41, 5.74) is 0. The Bertz CT molecular complexity index is 693. The number of carboxylic acid groups (broad SMARTS) is 1. The van der Waals surface area contributed by atoms with Gasteiger partial charge in [0, 0.05) is 12.8 Å². The van der Waals surface area contributed by atoms with Crippen molar-refractivity contribution in [1.82, 2.24) is 0 Å². The molecule has 0 heterocycles. The fourth-order valence-electron chi connectivity index (χ4n) is 5.41. The Labute approximate surface area is 267 Å². The summed E-state index contributed by atoms with van der Waals surface area (Å²) in [6, 6.07) is 0. The van der Waals surface area contributed by atoms with Crippen LogP contribution in [0.3, 0.4) is 0 Å². The second kappa shape index (κ2) is 34.6. The Hall–Kier alpha value is -1.84. The van der Waals surface area contributed by atoms with Gasteiger partial charge in [0.05, 0.1) is 6.10 Å². The lowest BCUT2D eigenvalue weighted by molar-refractivity contribution is -0.148. The summed E-state index contributed by atoms with van der Waals surface area (Å²) in [5.74, 6) is -0.683. The minimum absolute atomic E-state index is 0.0106. The number of carbonyl (C=O) groups is 2. The van der Waals surface area contributed by atoms with Gasteiger partial charge in [-0.2, -0.15) is 0 Å². The molecule has 0 aliphatic carbocycles. The molecule has 0 aromatic heterocycles. The minimum atomic E-state index is -0.672. The highest BCUT2D eigenvalue weighted by molar-refractivity contribution is 5.69. The van der Waals surface area contributed by atoms with Gasteiger partial charge < -0.3 is 9.84 Å². The van der Waals surface area contributed by atoms with Gasteiger partial charge in [0.1, 0.15) is 0 Å². The lowest BCUT2D eigenvalue weighted by Crippen LogP contribution is -2.14. The SMILES string of the molecule is CC/C=C\C/C=C\C/C=C\CCCCCCCCCCCC(=O)OC(C)CCCCCCCCCCCCCCC(=O)O. The molecular weight excluding hydrogens is 532 g/mol. The number of esters is 1. The first-order valence-corrected chi connectivity index (χ1v) is 18.4. The summed E-state index contributed by atoms with van der Waals surface area (Å²) in [5, 5.41) is 8.64. The molecule has 4 nitrogen and oxygen atoms in total.